The molecule has 5 nitrogen and oxygen atoms in total. The van der Waals surface area contributed by atoms with E-state index in [0.717, 1.165) is 42.8 Å². The number of halogens is 3. The number of hydrogen-bond acceptors (Lipinski definition) is 4. The number of amides is 1. The largest absolute Gasteiger partial charge is 0.493 e. The van der Waals surface area contributed by atoms with Gasteiger partial charge >= 0.3 is 6.18 Å². The van der Waals surface area contributed by atoms with Gasteiger partial charge in [0, 0.05) is 56.9 Å². The van der Waals surface area contributed by atoms with Crippen LogP contribution in [0.1, 0.15) is 58.4 Å². The minimum absolute atomic E-state index is 0.0713. The summed E-state index contributed by atoms with van der Waals surface area (Å²) < 4.78 is 49.6. The molecule has 0 saturated carbocycles. The fraction of sp³-hybridized carbons (Fsp3) is 0.519. The van der Waals surface area contributed by atoms with Crippen LogP contribution in [0.5, 0.6) is 5.75 Å². The van der Waals surface area contributed by atoms with E-state index in [-0.39, 0.29) is 24.0 Å². The van der Waals surface area contributed by atoms with Gasteiger partial charge in [0.25, 0.3) is 5.91 Å². The maximum atomic E-state index is 13.0. The molecule has 0 radical (unpaired) electrons. The van der Waals surface area contributed by atoms with E-state index in [2.05, 4.69) is 31.7 Å². The third-order valence-electron chi connectivity index (χ3n) is 7.48. The monoisotopic (exact) mass is 490 g/mol. The third-order valence-corrected chi connectivity index (χ3v) is 7.48. The topological polar surface area (TPSA) is 42.0 Å². The first-order valence-electron chi connectivity index (χ1n) is 12.1. The van der Waals surface area contributed by atoms with Crippen LogP contribution in [0.25, 0.3) is 0 Å². The van der Waals surface area contributed by atoms with Crippen LogP contribution >= 0.6 is 0 Å². The zero-order valence-corrected chi connectivity index (χ0v) is 20.7. The molecule has 0 N–H and O–H groups in total. The Labute approximate surface area is 204 Å². The van der Waals surface area contributed by atoms with Crippen molar-refractivity contribution >= 4 is 5.91 Å². The van der Waals surface area contributed by atoms with Crippen LogP contribution in [-0.4, -0.2) is 61.2 Å². The second-order valence-corrected chi connectivity index (χ2v) is 9.55. The molecule has 2 aromatic rings. The number of benzene rings is 2. The first kappa shape index (κ1) is 25.5. The van der Waals surface area contributed by atoms with Crippen LogP contribution in [0.4, 0.5) is 13.2 Å². The standard InChI is InChI=1S/C27H33F3N2O3/c1-17-18(2)25(35-13-5-12-34-4)11-10-24(17)19(3)31-15-23-14-22(31)16-32(23)26(33)20-6-8-21(9-7-20)27(28,29)30/h6-11,19,22-23H,5,12-16H2,1-4H3/t19?,22-,23-/m1/s1. The molecule has 3 atom stereocenters. The van der Waals surface area contributed by atoms with E-state index in [9.17, 15) is 18.0 Å². The molecular weight excluding hydrogens is 457 g/mol. The van der Waals surface area contributed by atoms with Crippen molar-refractivity contribution in [3.05, 3.63) is 64.2 Å². The highest BCUT2D eigenvalue weighted by molar-refractivity contribution is 5.94. The Bertz CT molecular complexity index is 1050. The summed E-state index contributed by atoms with van der Waals surface area (Å²) in [5.41, 5.74) is 3.16. The van der Waals surface area contributed by atoms with Gasteiger partial charge in [-0.05, 0) is 74.2 Å². The predicted octanol–water partition coefficient (Wildman–Crippen LogP) is 5.40. The number of nitrogens with zero attached hydrogens (tertiary/aromatic N) is 2. The van der Waals surface area contributed by atoms with E-state index < -0.39 is 11.7 Å². The summed E-state index contributed by atoms with van der Waals surface area (Å²) in [7, 11) is 1.68. The average Bonchev–Trinajstić information content (AvgIpc) is 3.44. The van der Waals surface area contributed by atoms with Gasteiger partial charge in [-0.25, -0.2) is 0 Å². The van der Waals surface area contributed by atoms with Gasteiger partial charge in [0.1, 0.15) is 5.75 Å². The molecule has 8 heteroatoms. The van der Waals surface area contributed by atoms with Crippen LogP contribution < -0.4 is 4.74 Å². The van der Waals surface area contributed by atoms with Crippen molar-refractivity contribution in [1.29, 1.82) is 0 Å². The Morgan fingerprint density at radius 3 is 2.34 bits per heavy atom. The van der Waals surface area contributed by atoms with Crippen molar-refractivity contribution in [2.45, 2.75) is 57.9 Å². The second-order valence-electron chi connectivity index (χ2n) is 9.55. The molecule has 190 valence electrons. The number of carbonyl (C=O) groups excluding carboxylic acids is 1. The lowest BCUT2D eigenvalue weighted by atomic mass is 9.96. The molecular formula is C27H33F3N2O3. The Balaban J connectivity index is 1.40. The molecule has 2 aromatic carbocycles. The van der Waals surface area contributed by atoms with E-state index in [1.807, 2.05) is 11.0 Å². The molecule has 0 aromatic heterocycles. The number of methoxy groups -OCH3 is 1. The lowest BCUT2D eigenvalue weighted by Gasteiger charge is -2.38. The molecule has 1 amide bonds. The first-order chi connectivity index (χ1) is 16.6. The Morgan fingerprint density at radius 1 is 1.03 bits per heavy atom. The molecule has 35 heavy (non-hydrogen) atoms. The van der Waals surface area contributed by atoms with Gasteiger partial charge in [-0.15, -0.1) is 0 Å². The number of rotatable bonds is 8. The zero-order valence-electron chi connectivity index (χ0n) is 20.7. The Morgan fingerprint density at radius 2 is 1.74 bits per heavy atom. The van der Waals surface area contributed by atoms with Gasteiger partial charge in [-0.2, -0.15) is 13.2 Å². The molecule has 2 aliphatic heterocycles. The van der Waals surface area contributed by atoms with Gasteiger partial charge in [0.2, 0.25) is 0 Å². The maximum absolute atomic E-state index is 13.0. The smallest absolute Gasteiger partial charge is 0.416 e. The summed E-state index contributed by atoms with van der Waals surface area (Å²) in [5.74, 6) is 0.700. The predicted molar refractivity (Wildman–Crippen MR) is 128 cm³/mol. The van der Waals surface area contributed by atoms with E-state index in [1.54, 1.807) is 7.11 Å². The summed E-state index contributed by atoms with van der Waals surface area (Å²) in [6.07, 6.45) is -2.68. The fourth-order valence-corrected chi connectivity index (χ4v) is 5.38. The van der Waals surface area contributed by atoms with Crippen molar-refractivity contribution in [3.8, 4) is 5.75 Å². The van der Waals surface area contributed by atoms with Crippen molar-refractivity contribution in [3.63, 3.8) is 0 Å². The second kappa shape index (κ2) is 10.2. The Kier molecular flexibility index (Phi) is 7.43. The van der Waals surface area contributed by atoms with Crippen LogP contribution in [-0.2, 0) is 10.9 Å². The number of alkyl halides is 3. The third kappa shape index (κ3) is 5.19. The Hall–Kier alpha value is -2.58. The molecule has 2 heterocycles. The SMILES string of the molecule is COCCCOc1ccc(C(C)N2C[C@H]3C[C@@H]2CN3C(=O)c2ccc(C(F)(F)F)cc2)c(C)c1C. The normalized spacial score (nSPS) is 20.9. The molecule has 2 saturated heterocycles. The van der Waals surface area contributed by atoms with Crippen molar-refractivity contribution < 1.29 is 27.4 Å². The number of carbonyl (C=O) groups is 1. The van der Waals surface area contributed by atoms with Crippen molar-refractivity contribution in [2.75, 3.05) is 33.4 Å². The van der Waals surface area contributed by atoms with Gasteiger partial charge in [-0.3, -0.25) is 9.69 Å². The number of piperazine rings is 1. The van der Waals surface area contributed by atoms with Crippen LogP contribution in [0, 0.1) is 13.8 Å². The highest BCUT2D eigenvalue weighted by atomic mass is 19.4. The van der Waals surface area contributed by atoms with E-state index >= 15 is 0 Å². The highest BCUT2D eigenvalue weighted by Gasteiger charge is 2.47. The minimum Gasteiger partial charge on any atom is -0.493 e. The molecule has 0 aliphatic carbocycles. The number of fused-ring (bicyclic) bond motifs is 2. The van der Waals surface area contributed by atoms with Gasteiger partial charge in [0.15, 0.2) is 0 Å². The molecule has 4 rings (SSSR count). The van der Waals surface area contributed by atoms with Crippen molar-refractivity contribution in [1.82, 2.24) is 9.80 Å². The van der Waals surface area contributed by atoms with Crippen molar-refractivity contribution in [2.24, 2.45) is 0 Å². The molecule has 2 aliphatic rings. The summed E-state index contributed by atoms with van der Waals surface area (Å²) >= 11 is 0. The van der Waals surface area contributed by atoms with Gasteiger partial charge in [-0.1, -0.05) is 6.07 Å². The minimum atomic E-state index is -4.41. The lowest BCUT2D eigenvalue weighted by molar-refractivity contribution is -0.137. The quantitative estimate of drug-likeness (QED) is 0.465. The van der Waals surface area contributed by atoms with E-state index in [0.29, 0.717) is 25.3 Å². The van der Waals surface area contributed by atoms with Gasteiger partial charge in [0.05, 0.1) is 12.2 Å². The molecule has 0 spiro atoms. The maximum Gasteiger partial charge on any atom is 0.416 e. The summed E-state index contributed by atoms with van der Waals surface area (Å²) in [6, 6.07) is 9.18. The number of likely N-dealkylation sites (tertiary alicyclic amines) is 2. The van der Waals surface area contributed by atoms with Crippen LogP contribution in [0.15, 0.2) is 36.4 Å². The van der Waals surface area contributed by atoms with Crippen LogP contribution in [0.2, 0.25) is 0 Å². The molecule has 1 unspecified atom stereocenters. The zero-order chi connectivity index (χ0) is 25.3. The number of hydrogen-bond donors (Lipinski definition) is 0. The van der Waals surface area contributed by atoms with E-state index in [1.165, 1.54) is 23.3 Å². The van der Waals surface area contributed by atoms with Gasteiger partial charge < -0.3 is 14.4 Å². The summed E-state index contributed by atoms with van der Waals surface area (Å²) in [4.78, 5) is 17.3. The average molecular weight is 491 g/mol. The highest BCUT2D eigenvalue weighted by Crippen LogP contribution is 2.39. The van der Waals surface area contributed by atoms with Crippen LogP contribution in [0.3, 0.4) is 0 Å². The first-order valence-corrected chi connectivity index (χ1v) is 12.1. The number of ether oxygens (including phenoxy) is 2. The lowest BCUT2D eigenvalue weighted by Crippen LogP contribution is -2.49. The summed E-state index contributed by atoms with van der Waals surface area (Å²) in [5, 5.41) is 0. The van der Waals surface area contributed by atoms with E-state index in [4.69, 9.17) is 9.47 Å². The fourth-order valence-electron chi connectivity index (χ4n) is 5.38. The summed E-state index contributed by atoms with van der Waals surface area (Å²) in [6.45, 7) is 9.03. The molecule has 2 fully saturated rings. The molecule has 2 bridgehead atoms.